The zero-order valence-electron chi connectivity index (χ0n) is 24.6. The van der Waals surface area contributed by atoms with Gasteiger partial charge in [-0.15, -0.1) is 5.01 Å². The Hall–Kier alpha value is -4.49. The van der Waals surface area contributed by atoms with Crippen molar-refractivity contribution in [2.75, 3.05) is 0 Å². The van der Waals surface area contributed by atoms with E-state index in [4.69, 9.17) is 23.7 Å². The van der Waals surface area contributed by atoms with Crippen LogP contribution in [0.3, 0.4) is 0 Å². The van der Waals surface area contributed by atoms with E-state index in [1.165, 1.54) is 33.8 Å². The fourth-order valence-electron chi connectivity index (χ4n) is 3.79. The van der Waals surface area contributed by atoms with Crippen molar-refractivity contribution in [3.63, 3.8) is 0 Å². The number of nitrogens with zero attached hydrogens (tertiary/aromatic N) is 4. The number of amides is 4. The second kappa shape index (κ2) is 12.4. The third kappa shape index (κ3) is 6.81. The Morgan fingerprint density at radius 1 is 0.732 bits per heavy atom. The summed E-state index contributed by atoms with van der Waals surface area (Å²) in [6.45, 7) is 14.2. The first-order valence-electron chi connectivity index (χ1n) is 13.2. The van der Waals surface area contributed by atoms with Crippen LogP contribution in [0.2, 0.25) is 0 Å². The van der Waals surface area contributed by atoms with Gasteiger partial charge in [-0.3, -0.25) is 4.79 Å². The number of hydrogen-bond donors (Lipinski definition) is 0. The molecule has 0 aromatic heterocycles. The van der Waals surface area contributed by atoms with Crippen LogP contribution in [0.5, 0.6) is 5.75 Å². The first kappa shape index (κ1) is 31.0. The van der Waals surface area contributed by atoms with E-state index in [-0.39, 0.29) is 16.9 Å². The van der Waals surface area contributed by atoms with Crippen molar-refractivity contribution in [2.45, 2.75) is 93.0 Å². The van der Waals surface area contributed by atoms with Crippen LogP contribution in [0.1, 0.15) is 71.3 Å². The van der Waals surface area contributed by atoms with Crippen molar-refractivity contribution in [2.24, 2.45) is 0 Å². The van der Waals surface area contributed by atoms with E-state index in [2.05, 4.69) is 0 Å². The molecule has 0 aliphatic carbocycles. The van der Waals surface area contributed by atoms with E-state index in [1.54, 1.807) is 46.8 Å². The molecule has 14 nitrogen and oxygen atoms in total. The molecule has 0 bridgehead atoms. The molecule has 2 aliphatic heterocycles. The van der Waals surface area contributed by atoms with Gasteiger partial charge in [0.1, 0.15) is 5.75 Å². The summed E-state index contributed by atoms with van der Waals surface area (Å²) in [5, 5.41) is 1.94. The number of ketones is 1. The second-order valence-electron chi connectivity index (χ2n) is 10.4. The molecule has 41 heavy (non-hydrogen) atoms. The first-order chi connectivity index (χ1) is 19.1. The van der Waals surface area contributed by atoms with E-state index in [0.717, 1.165) is 11.8 Å². The van der Waals surface area contributed by atoms with Gasteiger partial charge in [-0.2, -0.15) is 5.01 Å². The smallest absolute Gasteiger partial charge is 0.451 e. The number of Topliss-reactive ketones (excluding diaryl/α,β-unsaturated/α-hetero) is 1. The molecule has 0 N–H and O–H groups in total. The Labute approximate surface area is 238 Å². The number of ether oxygens (including phenoxy) is 5. The third-order valence-electron chi connectivity index (χ3n) is 5.26. The highest BCUT2D eigenvalue weighted by molar-refractivity contribution is 6.12. The van der Waals surface area contributed by atoms with Crippen molar-refractivity contribution >= 4 is 30.2 Å². The van der Waals surface area contributed by atoms with E-state index in [1.807, 2.05) is 0 Å². The van der Waals surface area contributed by atoms with Gasteiger partial charge in [-0.1, -0.05) is 21.9 Å². The van der Waals surface area contributed by atoms with Crippen molar-refractivity contribution in [3.05, 3.63) is 41.1 Å². The molecule has 0 radical (unpaired) electrons. The van der Waals surface area contributed by atoms with Crippen molar-refractivity contribution in [3.8, 4) is 5.75 Å². The Morgan fingerprint density at radius 3 is 1.76 bits per heavy atom. The van der Waals surface area contributed by atoms with Crippen molar-refractivity contribution in [1.29, 1.82) is 0 Å². The number of carbonyl (C=O) groups is 5. The van der Waals surface area contributed by atoms with Crippen molar-refractivity contribution < 1.29 is 47.7 Å². The van der Waals surface area contributed by atoms with Gasteiger partial charge in [0.15, 0.2) is 5.78 Å². The maximum absolute atomic E-state index is 13.9. The normalized spacial score (nSPS) is 16.7. The third-order valence-corrected chi connectivity index (χ3v) is 5.26. The molecule has 1 unspecified atom stereocenters. The van der Waals surface area contributed by atoms with Crippen LogP contribution in [0.4, 0.5) is 19.2 Å². The summed E-state index contributed by atoms with van der Waals surface area (Å²) >= 11 is 0. The van der Waals surface area contributed by atoms with Crippen LogP contribution in [-0.2, 0) is 18.9 Å². The number of aryl methyl sites for hydroxylation is 1. The molecule has 4 amide bonds. The minimum absolute atomic E-state index is 0.0942. The summed E-state index contributed by atoms with van der Waals surface area (Å²) in [5.74, 6) is -0.544. The van der Waals surface area contributed by atoms with E-state index in [0.29, 0.717) is 20.3 Å². The molecule has 0 spiro atoms. The SMILES string of the molecule is Cc1ccc2c(c1)C(=O)C1=CN(C(=O)OC(C)C)N(C(=O)OC(C)C)N(C(=O)OC(C)C)N(C(=O)OC(C)C)C1O2. The van der Waals surface area contributed by atoms with Crippen LogP contribution in [0, 0.1) is 6.92 Å². The summed E-state index contributed by atoms with van der Waals surface area (Å²) in [6, 6.07) is 4.79. The fraction of sp³-hybridized carbons (Fsp3) is 0.519. The molecular weight excluding hydrogens is 540 g/mol. The highest BCUT2D eigenvalue weighted by atomic mass is 16.6. The minimum atomic E-state index is -1.69. The van der Waals surface area contributed by atoms with Crippen LogP contribution in [0.15, 0.2) is 30.0 Å². The topological polar surface area (TPSA) is 144 Å². The lowest BCUT2D eigenvalue weighted by Gasteiger charge is -2.42. The molecule has 14 heteroatoms. The average molecular weight is 577 g/mol. The number of rotatable bonds is 4. The van der Waals surface area contributed by atoms with Gasteiger partial charge in [0.2, 0.25) is 6.23 Å². The van der Waals surface area contributed by atoms with E-state index < -0.39 is 60.8 Å². The summed E-state index contributed by atoms with van der Waals surface area (Å²) in [4.78, 5) is 68.2. The van der Waals surface area contributed by atoms with Gasteiger partial charge in [0.25, 0.3) is 0 Å². The van der Waals surface area contributed by atoms with Gasteiger partial charge < -0.3 is 23.7 Å². The van der Waals surface area contributed by atoms with Gasteiger partial charge in [-0.05, 0) is 74.4 Å². The standard InChI is InChI=1S/C27H36N4O10/c1-14(2)37-24(33)28-13-20-22(32)19-12-18(9)10-11-21(19)41-23(20)29(25(34)38-15(3)4)31(27(36)40-17(7)8)30(28)26(35)39-16(5)6/h10-17,23H,1-9H3. The number of benzene rings is 1. The molecular formula is C27H36N4O10. The summed E-state index contributed by atoms with van der Waals surface area (Å²) in [5.41, 5.74) is 0.591. The zero-order chi connectivity index (χ0) is 30.8. The lowest BCUT2D eigenvalue weighted by molar-refractivity contribution is -0.218. The molecule has 0 fully saturated rings. The summed E-state index contributed by atoms with van der Waals surface area (Å²) in [7, 11) is 0. The Morgan fingerprint density at radius 2 is 1.22 bits per heavy atom. The first-order valence-corrected chi connectivity index (χ1v) is 13.2. The van der Waals surface area contributed by atoms with Crippen LogP contribution >= 0.6 is 0 Å². The van der Waals surface area contributed by atoms with Gasteiger partial charge in [0.05, 0.1) is 35.6 Å². The average Bonchev–Trinajstić information content (AvgIpc) is 2.98. The van der Waals surface area contributed by atoms with Crippen LogP contribution in [-0.4, -0.2) is 81.1 Å². The number of carbonyl (C=O) groups excluding carboxylic acids is 5. The Balaban J connectivity index is 2.37. The van der Waals surface area contributed by atoms with Crippen molar-refractivity contribution in [1.82, 2.24) is 20.3 Å². The largest absolute Gasteiger partial charge is 0.463 e. The molecule has 2 heterocycles. The quantitative estimate of drug-likeness (QED) is 0.453. The van der Waals surface area contributed by atoms with Gasteiger partial charge in [0, 0.05) is 6.20 Å². The van der Waals surface area contributed by atoms with E-state index in [9.17, 15) is 24.0 Å². The molecule has 0 saturated heterocycles. The zero-order valence-corrected chi connectivity index (χ0v) is 24.6. The molecule has 2 aliphatic rings. The molecule has 1 aromatic carbocycles. The Kier molecular flexibility index (Phi) is 9.35. The van der Waals surface area contributed by atoms with E-state index >= 15 is 0 Å². The van der Waals surface area contributed by atoms with Gasteiger partial charge in [-0.25, -0.2) is 19.2 Å². The molecule has 1 aromatic rings. The minimum Gasteiger partial charge on any atom is -0.463 e. The number of fused-ring (bicyclic) bond motifs is 2. The maximum Gasteiger partial charge on any atom is 0.451 e. The monoisotopic (exact) mass is 576 g/mol. The summed E-state index contributed by atoms with van der Waals surface area (Å²) in [6.07, 6.45) is -8.50. The number of hydrazine groups is 3. The fourth-order valence-corrected chi connectivity index (χ4v) is 3.79. The number of hydrogen-bond acceptors (Lipinski definition) is 10. The van der Waals surface area contributed by atoms with Crippen LogP contribution in [0.25, 0.3) is 0 Å². The highest BCUT2D eigenvalue weighted by Crippen LogP contribution is 2.37. The lowest BCUT2D eigenvalue weighted by Crippen LogP contribution is -2.67. The lowest BCUT2D eigenvalue weighted by atomic mass is 9.97. The maximum atomic E-state index is 13.9. The predicted octanol–water partition coefficient (Wildman–Crippen LogP) is 4.93. The molecule has 0 saturated carbocycles. The molecule has 1 atom stereocenters. The second-order valence-corrected chi connectivity index (χ2v) is 10.4. The van der Waals surface area contributed by atoms with Crippen LogP contribution < -0.4 is 4.74 Å². The summed E-state index contributed by atoms with van der Waals surface area (Å²) < 4.78 is 27.5. The highest BCUT2D eigenvalue weighted by Gasteiger charge is 2.53. The molecule has 3 rings (SSSR count). The van der Waals surface area contributed by atoms with Gasteiger partial charge >= 0.3 is 24.4 Å². The molecule has 224 valence electrons. The predicted molar refractivity (Wildman–Crippen MR) is 142 cm³/mol. The Bertz CT molecular complexity index is 1240.